The summed E-state index contributed by atoms with van der Waals surface area (Å²) in [6, 6.07) is 39.6. The minimum absolute atomic E-state index is 0.0687. The Morgan fingerprint density at radius 3 is 1.51 bits per heavy atom. The molecule has 3 aliphatic carbocycles. The first-order chi connectivity index (χ1) is 32.4. The highest BCUT2D eigenvalue weighted by atomic mass is 32.1. The van der Waals surface area contributed by atoms with E-state index < -0.39 is 0 Å². The molecule has 4 heteroatoms. The molecule has 0 bridgehead atoms. The highest BCUT2D eigenvalue weighted by Gasteiger charge is 2.49. The lowest BCUT2D eigenvalue weighted by Gasteiger charge is -2.47. The molecule has 0 saturated carbocycles. The maximum absolute atomic E-state index is 2.72. The van der Waals surface area contributed by atoms with E-state index >= 15 is 0 Å². The molecule has 0 fully saturated rings. The zero-order chi connectivity index (χ0) is 48.7. The monoisotopic (exact) mass is 925 g/mol. The molecule has 2 aliphatic heterocycles. The summed E-state index contributed by atoms with van der Waals surface area (Å²) in [5, 5.41) is 1.40. The maximum Gasteiger partial charge on any atom is 0.264 e. The van der Waals surface area contributed by atoms with Crippen LogP contribution in [0.1, 0.15) is 172 Å². The molecular weight excluding hydrogens is 852 g/mol. The highest BCUT2D eigenvalue weighted by molar-refractivity contribution is 7.33. The number of aryl methyl sites for hydroxylation is 3. The molecule has 6 aromatic carbocycles. The Morgan fingerprint density at radius 2 is 0.928 bits per heavy atom. The van der Waals surface area contributed by atoms with Gasteiger partial charge >= 0.3 is 0 Å². The van der Waals surface area contributed by atoms with Crippen molar-refractivity contribution < 1.29 is 0 Å². The number of nitrogens with zero attached hydrogens (tertiary/aromatic N) is 2. The summed E-state index contributed by atoms with van der Waals surface area (Å²) < 4.78 is 2.89. The van der Waals surface area contributed by atoms with Gasteiger partial charge in [0.15, 0.2) is 0 Å². The Labute approximate surface area is 418 Å². The molecule has 2 nitrogen and oxygen atoms in total. The van der Waals surface area contributed by atoms with Crippen LogP contribution in [0.4, 0.5) is 34.1 Å². The number of rotatable bonds is 3. The summed E-state index contributed by atoms with van der Waals surface area (Å²) in [5.41, 5.74) is 27.0. The Morgan fingerprint density at radius 1 is 0.449 bits per heavy atom. The standard InChI is InChI=1S/C65H73BN2S/c1-38-31-53-57-54(32-38)68(42-21-19-41(20-22-42)56-39(2)17-16-18-40(56)3)58-44-34-47-50(65(14,15)30-27-62(47,8)9)37-55(44)69-59(58)66(57)51-35-48-49(64(12,13)29-28-63(48,10)11)36-52(51)67(53)43-23-24-45-46(33-43)61(6,7)26-25-60(45,4)5/h16-24,31-37H,25-30H2,1-15H3. The third-order valence-corrected chi connectivity index (χ3v) is 19.9. The van der Waals surface area contributed by atoms with Crippen LogP contribution in [-0.2, 0) is 32.5 Å². The molecule has 0 spiro atoms. The zero-order valence-electron chi connectivity index (χ0n) is 44.4. The van der Waals surface area contributed by atoms with Gasteiger partial charge in [0.2, 0.25) is 0 Å². The van der Waals surface area contributed by atoms with Crippen LogP contribution in [0.5, 0.6) is 0 Å². The maximum atomic E-state index is 2.72. The average molecular weight is 925 g/mol. The van der Waals surface area contributed by atoms with Crippen LogP contribution in [0.15, 0.2) is 97.1 Å². The first-order valence-electron chi connectivity index (χ1n) is 26.3. The van der Waals surface area contributed by atoms with Crippen molar-refractivity contribution in [2.45, 2.75) is 175 Å². The molecule has 0 amide bonds. The second-order valence-corrected chi connectivity index (χ2v) is 27.4. The molecule has 7 aromatic rings. The molecule has 0 N–H and O–H groups in total. The van der Waals surface area contributed by atoms with Gasteiger partial charge in [-0.15, -0.1) is 11.3 Å². The molecule has 0 unspecified atom stereocenters. The minimum Gasteiger partial charge on any atom is -0.311 e. The van der Waals surface area contributed by atoms with E-state index in [9.17, 15) is 0 Å². The number of fused-ring (bicyclic) bond motifs is 9. The predicted octanol–water partition coefficient (Wildman–Crippen LogP) is 16.6. The molecule has 1 aromatic heterocycles. The quantitative estimate of drug-likeness (QED) is 0.163. The van der Waals surface area contributed by atoms with Crippen LogP contribution in [0.25, 0.3) is 21.2 Å². The summed E-state index contributed by atoms with van der Waals surface area (Å²) in [7, 11) is 0. The van der Waals surface area contributed by atoms with Crippen molar-refractivity contribution in [2.75, 3.05) is 9.80 Å². The van der Waals surface area contributed by atoms with Gasteiger partial charge in [-0.2, -0.15) is 0 Å². The summed E-state index contributed by atoms with van der Waals surface area (Å²) in [6.45, 7) is 36.7. The normalized spacial score (nSPS) is 20.4. The lowest BCUT2D eigenvalue weighted by molar-refractivity contribution is 0.332. The second kappa shape index (κ2) is 14.5. The summed E-state index contributed by atoms with van der Waals surface area (Å²) in [5.74, 6) is 0. The minimum atomic E-state index is 0.0687. The molecule has 0 atom stereocenters. The molecule has 12 rings (SSSR count). The first kappa shape index (κ1) is 45.1. The van der Waals surface area contributed by atoms with E-state index in [4.69, 9.17) is 0 Å². The van der Waals surface area contributed by atoms with Gasteiger partial charge in [-0.25, -0.2) is 0 Å². The van der Waals surface area contributed by atoms with Gasteiger partial charge in [-0.05, 0) is 219 Å². The Kier molecular flexibility index (Phi) is 9.50. The van der Waals surface area contributed by atoms with E-state index in [1.54, 1.807) is 0 Å². The molecular formula is C65H73BN2S. The van der Waals surface area contributed by atoms with Crippen molar-refractivity contribution in [1.29, 1.82) is 0 Å². The largest absolute Gasteiger partial charge is 0.311 e. The van der Waals surface area contributed by atoms with E-state index in [0.29, 0.717) is 0 Å². The van der Waals surface area contributed by atoms with Crippen LogP contribution >= 0.6 is 11.3 Å². The Balaban J connectivity index is 1.19. The Hall–Kier alpha value is -5.06. The van der Waals surface area contributed by atoms with Crippen molar-refractivity contribution in [3.05, 3.63) is 147 Å². The van der Waals surface area contributed by atoms with E-state index in [2.05, 4.69) is 222 Å². The van der Waals surface area contributed by atoms with Gasteiger partial charge in [-0.3, -0.25) is 0 Å². The van der Waals surface area contributed by atoms with E-state index in [1.165, 1.54) is 160 Å². The first-order valence-corrected chi connectivity index (χ1v) is 27.1. The third kappa shape index (κ3) is 6.55. The van der Waals surface area contributed by atoms with Crippen LogP contribution in [0, 0.1) is 20.8 Å². The summed E-state index contributed by atoms with van der Waals surface area (Å²) in [4.78, 5) is 5.42. The molecule has 5 aliphatic rings. The SMILES string of the molecule is Cc1cc2c3c(c1)N(c1ccc(-c4c(C)cccc4C)cc1)c1c(sc4cc5c(cc14)C(C)(C)CCC5(C)C)B3c1cc3c(cc1N2c1ccc2c(c1)C(C)(C)CCC2(C)C)C(C)(C)CCC3(C)C. The van der Waals surface area contributed by atoms with Crippen molar-refractivity contribution in [3.8, 4) is 11.1 Å². The van der Waals surface area contributed by atoms with Gasteiger partial charge in [0.1, 0.15) is 0 Å². The highest BCUT2D eigenvalue weighted by Crippen LogP contribution is 2.55. The number of anilines is 6. The number of benzene rings is 6. The predicted molar refractivity (Wildman–Crippen MR) is 301 cm³/mol. The smallest absolute Gasteiger partial charge is 0.264 e. The molecule has 0 radical (unpaired) electrons. The van der Waals surface area contributed by atoms with Gasteiger partial charge < -0.3 is 9.80 Å². The van der Waals surface area contributed by atoms with Crippen LogP contribution < -0.4 is 25.5 Å². The van der Waals surface area contributed by atoms with Crippen molar-refractivity contribution >= 4 is 78.0 Å². The van der Waals surface area contributed by atoms with E-state index in [1.807, 2.05) is 0 Å². The fraction of sp³-hybridized carbons (Fsp3) is 0.415. The van der Waals surface area contributed by atoms with Gasteiger partial charge in [0.05, 0.1) is 5.69 Å². The fourth-order valence-corrected chi connectivity index (χ4v) is 15.4. The Bertz CT molecular complexity index is 3310. The average Bonchev–Trinajstić information content (AvgIpc) is 3.66. The van der Waals surface area contributed by atoms with Crippen LogP contribution in [-0.4, -0.2) is 6.71 Å². The fourth-order valence-electron chi connectivity index (χ4n) is 14.0. The van der Waals surface area contributed by atoms with E-state index in [0.717, 1.165) is 0 Å². The van der Waals surface area contributed by atoms with Crippen LogP contribution in [0.3, 0.4) is 0 Å². The number of hydrogen-bond acceptors (Lipinski definition) is 3. The number of hydrogen-bond donors (Lipinski definition) is 0. The lowest BCUT2D eigenvalue weighted by Crippen LogP contribution is -2.61. The van der Waals surface area contributed by atoms with E-state index in [-0.39, 0.29) is 39.2 Å². The van der Waals surface area contributed by atoms with Crippen molar-refractivity contribution in [3.63, 3.8) is 0 Å². The van der Waals surface area contributed by atoms with Crippen molar-refractivity contribution in [2.24, 2.45) is 0 Å². The number of thiophene rings is 1. The van der Waals surface area contributed by atoms with Crippen LogP contribution in [0.2, 0.25) is 0 Å². The van der Waals surface area contributed by atoms with Gasteiger partial charge in [0, 0.05) is 43.3 Å². The van der Waals surface area contributed by atoms with Gasteiger partial charge in [0.25, 0.3) is 6.71 Å². The van der Waals surface area contributed by atoms with Gasteiger partial charge in [-0.1, -0.05) is 126 Å². The molecule has 0 saturated heterocycles. The summed E-state index contributed by atoms with van der Waals surface area (Å²) >= 11 is 2.07. The molecule has 352 valence electrons. The lowest BCUT2D eigenvalue weighted by atomic mass is 9.35. The molecule has 3 heterocycles. The molecule has 69 heavy (non-hydrogen) atoms. The van der Waals surface area contributed by atoms with Crippen molar-refractivity contribution in [1.82, 2.24) is 0 Å². The third-order valence-electron chi connectivity index (χ3n) is 18.7. The zero-order valence-corrected chi connectivity index (χ0v) is 45.2. The second-order valence-electron chi connectivity index (χ2n) is 26.3. The topological polar surface area (TPSA) is 6.48 Å². The summed E-state index contributed by atoms with van der Waals surface area (Å²) in [6.07, 6.45) is 7.17.